The summed E-state index contributed by atoms with van der Waals surface area (Å²) >= 11 is 0. The molecule has 124 valence electrons. The highest BCUT2D eigenvalue weighted by molar-refractivity contribution is 5.67. The zero-order valence-corrected chi connectivity index (χ0v) is 13.8. The maximum atomic E-state index is 11.8. The van der Waals surface area contributed by atoms with E-state index in [4.69, 9.17) is 4.74 Å². The Morgan fingerprint density at radius 1 is 1.41 bits per heavy atom. The quantitative estimate of drug-likeness (QED) is 0.781. The van der Waals surface area contributed by atoms with Gasteiger partial charge in [0.25, 0.3) is 0 Å². The standard InChI is InChI=1S/C16H28N4O2/c1-16(2,3)22-15(21)18-11-13-6-4-5-7-14(13)17-8-12-9-19-20-10-12/h9-10,13-14,17H,4-8,11H2,1-3H3,(H,18,21)(H,19,20). The van der Waals surface area contributed by atoms with Crippen molar-refractivity contribution in [1.82, 2.24) is 20.8 Å². The van der Waals surface area contributed by atoms with Gasteiger partial charge < -0.3 is 15.4 Å². The number of nitrogens with one attached hydrogen (secondary N) is 3. The average molecular weight is 308 g/mol. The van der Waals surface area contributed by atoms with Crippen LogP contribution in [0.5, 0.6) is 0 Å². The Kier molecular flexibility index (Phi) is 5.83. The molecular formula is C16H28N4O2. The number of H-pyrrole nitrogens is 1. The summed E-state index contributed by atoms with van der Waals surface area (Å²) in [5.74, 6) is 0.452. The van der Waals surface area contributed by atoms with Crippen LogP contribution in [0.2, 0.25) is 0 Å². The fourth-order valence-corrected chi connectivity index (χ4v) is 2.87. The Bertz CT molecular complexity index is 453. The number of aromatic nitrogens is 2. The van der Waals surface area contributed by atoms with Crippen LogP contribution in [0.3, 0.4) is 0 Å². The molecule has 2 unspecified atom stereocenters. The number of hydrogen-bond acceptors (Lipinski definition) is 4. The lowest BCUT2D eigenvalue weighted by Gasteiger charge is -2.32. The summed E-state index contributed by atoms with van der Waals surface area (Å²) in [5.41, 5.74) is 0.708. The summed E-state index contributed by atoms with van der Waals surface area (Å²) < 4.78 is 5.30. The third-order valence-electron chi connectivity index (χ3n) is 3.94. The van der Waals surface area contributed by atoms with Crippen LogP contribution >= 0.6 is 0 Å². The lowest BCUT2D eigenvalue weighted by atomic mass is 9.84. The van der Waals surface area contributed by atoms with Crippen molar-refractivity contribution in [3.63, 3.8) is 0 Å². The minimum absolute atomic E-state index is 0.327. The Morgan fingerprint density at radius 3 is 2.86 bits per heavy atom. The Labute approximate surface area is 132 Å². The van der Waals surface area contributed by atoms with Crippen LogP contribution in [0, 0.1) is 5.92 Å². The van der Waals surface area contributed by atoms with Crippen LogP contribution in [0.25, 0.3) is 0 Å². The lowest BCUT2D eigenvalue weighted by molar-refractivity contribution is 0.0510. The number of nitrogens with zero attached hydrogens (tertiary/aromatic N) is 1. The molecule has 1 amide bonds. The third-order valence-corrected chi connectivity index (χ3v) is 3.94. The number of alkyl carbamates (subject to hydrolysis) is 1. The fraction of sp³-hybridized carbons (Fsp3) is 0.750. The van der Waals surface area contributed by atoms with E-state index in [0.29, 0.717) is 18.5 Å². The first-order valence-corrected chi connectivity index (χ1v) is 8.12. The smallest absolute Gasteiger partial charge is 0.407 e. The molecule has 6 heteroatoms. The molecule has 1 aliphatic rings. The molecule has 0 aliphatic heterocycles. The summed E-state index contributed by atoms with van der Waals surface area (Å²) in [6.45, 7) is 7.11. The summed E-state index contributed by atoms with van der Waals surface area (Å²) in [6.07, 6.45) is 8.17. The molecule has 0 aromatic carbocycles. The van der Waals surface area contributed by atoms with Gasteiger partial charge in [-0.05, 0) is 39.5 Å². The summed E-state index contributed by atoms with van der Waals surface area (Å²) in [7, 11) is 0. The summed E-state index contributed by atoms with van der Waals surface area (Å²) in [4.78, 5) is 11.8. The van der Waals surface area contributed by atoms with Crippen molar-refractivity contribution in [3.8, 4) is 0 Å². The number of rotatable bonds is 5. The number of carbonyl (C=O) groups excluding carboxylic acids is 1. The first-order chi connectivity index (χ1) is 10.4. The second-order valence-corrected chi connectivity index (χ2v) is 7.02. The van der Waals surface area contributed by atoms with E-state index in [-0.39, 0.29) is 6.09 Å². The Balaban J connectivity index is 1.78. The maximum Gasteiger partial charge on any atom is 0.407 e. The first kappa shape index (κ1) is 16.8. The summed E-state index contributed by atoms with van der Waals surface area (Å²) in [5, 5.41) is 13.3. The fourth-order valence-electron chi connectivity index (χ4n) is 2.87. The second kappa shape index (κ2) is 7.63. The summed E-state index contributed by atoms with van der Waals surface area (Å²) in [6, 6.07) is 0.429. The predicted molar refractivity (Wildman–Crippen MR) is 85.4 cm³/mol. The normalized spacial score (nSPS) is 22.3. The van der Waals surface area contributed by atoms with Gasteiger partial charge in [0.05, 0.1) is 6.20 Å². The van der Waals surface area contributed by atoms with E-state index in [1.807, 2.05) is 33.2 Å². The number of hydrogen-bond donors (Lipinski definition) is 3. The van der Waals surface area contributed by atoms with Crippen molar-refractivity contribution in [3.05, 3.63) is 18.0 Å². The highest BCUT2D eigenvalue weighted by atomic mass is 16.6. The molecule has 22 heavy (non-hydrogen) atoms. The van der Waals surface area contributed by atoms with Crippen LogP contribution in [0.1, 0.15) is 52.0 Å². The third kappa shape index (κ3) is 5.67. The van der Waals surface area contributed by atoms with Crippen LogP contribution in [0.15, 0.2) is 12.4 Å². The van der Waals surface area contributed by atoms with Gasteiger partial charge in [-0.3, -0.25) is 5.10 Å². The van der Waals surface area contributed by atoms with Gasteiger partial charge in [-0.25, -0.2) is 4.79 Å². The van der Waals surface area contributed by atoms with E-state index < -0.39 is 5.60 Å². The van der Waals surface area contributed by atoms with Crippen molar-refractivity contribution >= 4 is 6.09 Å². The van der Waals surface area contributed by atoms with Gasteiger partial charge in [0, 0.05) is 30.9 Å². The number of carbonyl (C=O) groups is 1. The van der Waals surface area contributed by atoms with Crippen LogP contribution in [-0.4, -0.2) is 34.5 Å². The average Bonchev–Trinajstić information content (AvgIpc) is 2.95. The zero-order chi connectivity index (χ0) is 16.0. The van der Waals surface area contributed by atoms with Crippen LogP contribution in [-0.2, 0) is 11.3 Å². The molecular weight excluding hydrogens is 280 g/mol. The molecule has 0 spiro atoms. The first-order valence-electron chi connectivity index (χ1n) is 8.12. The topological polar surface area (TPSA) is 79.0 Å². The number of amides is 1. The van der Waals surface area contributed by atoms with E-state index in [0.717, 1.165) is 24.9 Å². The van der Waals surface area contributed by atoms with Gasteiger partial charge in [-0.15, -0.1) is 0 Å². The molecule has 0 saturated heterocycles. The Hall–Kier alpha value is -1.56. The van der Waals surface area contributed by atoms with Crippen molar-refractivity contribution in [2.45, 2.75) is 64.6 Å². The predicted octanol–water partition coefficient (Wildman–Crippen LogP) is 2.58. The van der Waals surface area contributed by atoms with E-state index >= 15 is 0 Å². The van der Waals surface area contributed by atoms with E-state index in [1.165, 1.54) is 12.8 Å². The number of aromatic amines is 1. The van der Waals surface area contributed by atoms with Gasteiger partial charge in [0.1, 0.15) is 5.60 Å². The highest BCUT2D eigenvalue weighted by Gasteiger charge is 2.26. The molecule has 2 atom stereocenters. The van der Waals surface area contributed by atoms with Gasteiger partial charge in [-0.2, -0.15) is 5.10 Å². The van der Waals surface area contributed by atoms with Gasteiger partial charge >= 0.3 is 6.09 Å². The van der Waals surface area contributed by atoms with Gasteiger partial charge in [0.2, 0.25) is 0 Å². The molecule has 1 fully saturated rings. The SMILES string of the molecule is CC(C)(C)OC(=O)NCC1CCCCC1NCc1cn[nH]c1. The molecule has 1 aromatic rings. The monoisotopic (exact) mass is 308 g/mol. The van der Waals surface area contributed by atoms with Crippen molar-refractivity contribution in [2.24, 2.45) is 5.92 Å². The molecule has 1 heterocycles. The minimum Gasteiger partial charge on any atom is -0.444 e. The molecule has 2 rings (SSSR count). The molecule has 0 bridgehead atoms. The number of ether oxygens (including phenoxy) is 1. The highest BCUT2D eigenvalue weighted by Crippen LogP contribution is 2.24. The largest absolute Gasteiger partial charge is 0.444 e. The van der Waals surface area contributed by atoms with Crippen molar-refractivity contribution in [2.75, 3.05) is 6.54 Å². The van der Waals surface area contributed by atoms with E-state index in [2.05, 4.69) is 20.8 Å². The molecule has 1 saturated carbocycles. The minimum atomic E-state index is -0.449. The van der Waals surface area contributed by atoms with E-state index in [9.17, 15) is 4.79 Å². The molecule has 3 N–H and O–H groups in total. The van der Waals surface area contributed by atoms with Crippen LogP contribution < -0.4 is 10.6 Å². The maximum absolute atomic E-state index is 11.8. The van der Waals surface area contributed by atoms with Crippen molar-refractivity contribution in [1.29, 1.82) is 0 Å². The molecule has 0 radical (unpaired) electrons. The van der Waals surface area contributed by atoms with Gasteiger partial charge in [-0.1, -0.05) is 12.8 Å². The zero-order valence-electron chi connectivity index (χ0n) is 13.8. The Morgan fingerprint density at radius 2 is 2.18 bits per heavy atom. The van der Waals surface area contributed by atoms with E-state index in [1.54, 1.807) is 0 Å². The second-order valence-electron chi connectivity index (χ2n) is 7.02. The molecule has 1 aliphatic carbocycles. The molecule has 1 aromatic heterocycles. The van der Waals surface area contributed by atoms with Gasteiger partial charge in [0.15, 0.2) is 0 Å². The van der Waals surface area contributed by atoms with Crippen LogP contribution in [0.4, 0.5) is 4.79 Å². The van der Waals surface area contributed by atoms with Crippen molar-refractivity contribution < 1.29 is 9.53 Å². The molecule has 6 nitrogen and oxygen atoms in total. The lowest BCUT2D eigenvalue weighted by Crippen LogP contribution is -2.44.